The number of hydrogen-bond acceptors (Lipinski definition) is 4. The Morgan fingerprint density at radius 3 is 2.24 bits per heavy atom. The number of rotatable bonds is 3. The predicted molar refractivity (Wildman–Crippen MR) is 74.3 cm³/mol. The Kier molecular flexibility index (Phi) is 4.85. The standard InChI is InChI=1S/C15H23NO5/c1-9-7-16(8-12(9)15(20)21-2)13(17)10-5-3-4-6-11(10)14(18)19/h9-12H,3-8H2,1-2H3,(H,18,19). The van der Waals surface area contributed by atoms with E-state index in [1.807, 2.05) is 6.92 Å². The molecule has 0 aromatic carbocycles. The second-order valence-corrected chi connectivity index (χ2v) is 6.19. The van der Waals surface area contributed by atoms with Gasteiger partial charge in [-0.15, -0.1) is 0 Å². The molecule has 0 radical (unpaired) electrons. The Morgan fingerprint density at radius 2 is 1.67 bits per heavy atom. The van der Waals surface area contributed by atoms with Gasteiger partial charge in [-0.2, -0.15) is 0 Å². The first-order valence-electron chi connectivity index (χ1n) is 7.55. The Balaban J connectivity index is 2.06. The molecule has 2 aliphatic rings. The zero-order valence-electron chi connectivity index (χ0n) is 12.6. The molecule has 1 aliphatic carbocycles. The maximum atomic E-state index is 12.6. The summed E-state index contributed by atoms with van der Waals surface area (Å²) in [4.78, 5) is 37.3. The van der Waals surface area contributed by atoms with Gasteiger partial charge in [0.2, 0.25) is 5.91 Å². The molecule has 2 fully saturated rings. The number of aliphatic carboxylic acids is 1. The minimum Gasteiger partial charge on any atom is -0.481 e. The molecule has 1 amide bonds. The highest BCUT2D eigenvalue weighted by Crippen LogP contribution is 2.34. The van der Waals surface area contributed by atoms with Gasteiger partial charge in [0.15, 0.2) is 0 Å². The van der Waals surface area contributed by atoms with Crippen LogP contribution in [0.4, 0.5) is 0 Å². The normalized spacial score (nSPS) is 32.8. The number of esters is 1. The largest absolute Gasteiger partial charge is 0.481 e. The van der Waals surface area contributed by atoms with Gasteiger partial charge in [0.25, 0.3) is 0 Å². The van der Waals surface area contributed by atoms with E-state index in [-0.39, 0.29) is 23.7 Å². The first kappa shape index (κ1) is 15.8. The van der Waals surface area contributed by atoms with Gasteiger partial charge in [0.1, 0.15) is 0 Å². The molecule has 0 spiro atoms. The molecule has 1 heterocycles. The summed E-state index contributed by atoms with van der Waals surface area (Å²) < 4.78 is 4.77. The number of methoxy groups -OCH3 is 1. The Labute approximate surface area is 124 Å². The van der Waals surface area contributed by atoms with Crippen LogP contribution in [0.15, 0.2) is 0 Å². The van der Waals surface area contributed by atoms with Crippen LogP contribution in [-0.4, -0.2) is 48.1 Å². The zero-order chi connectivity index (χ0) is 15.6. The van der Waals surface area contributed by atoms with E-state index in [2.05, 4.69) is 0 Å². The van der Waals surface area contributed by atoms with Crippen molar-refractivity contribution in [2.24, 2.45) is 23.7 Å². The Bertz CT molecular complexity index is 436. The number of amides is 1. The highest BCUT2D eigenvalue weighted by atomic mass is 16.5. The first-order chi connectivity index (χ1) is 9.95. The van der Waals surface area contributed by atoms with E-state index in [1.54, 1.807) is 4.90 Å². The van der Waals surface area contributed by atoms with Gasteiger partial charge < -0.3 is 14.7 Å². The Morgan fingerprint density at radius 1 is 1.05 bits per heavy atom. The van der Waals surface area contributed by atoms with Crippen LogP contribution in [0.5, 0.6) is 0 Å². The van der Waals surface area contributed by atoms with Gasteiger partial charge in [-0.3, -0.25) is 14.4 Å². The molecule has 2 rings (SSSR count). The minimum absolute atomic E-state index is 0.0493. The van der Waals surface area contributed by atoms with Crippen molar-refractivity contribution in [1.29, 1.82) is 0 Å². The molecule has 1 aliphatic heterocycles. The van der Waals surface area contributed by atoms with E-state index in [1.165, 1.54) is 7.11 Å². The van der Waals surface area contributed by atoms with Crippen LogP contribution in [0.3, 0.4) is 0 Å². The molecule has 0 aromatic heterocycles. The second-order valence-electron chi connectivity index (χ2n) is 6.19. The van der Waals surface area contributed by atoms with Gasteiger partial charge >= 0.3 is 11.9 Å². The summed E-state index contributed by atoms with van der Waals surface area (Å²) in [7, 11) is 1.35. The van der Waals surface area contributed by atoms with Crippen molar-refractivity contribution in [3.63, 3.8) is 0 Å². The highest BCUT2D eigenvalue weighted by Gasteiger charge is 2.43. The number of carboxylic acid groups (broad SMARTS) is 1. The fraction of sp³-hybridized carbons (Fsp3) is 0.800. The SMILES string of the molecule is COC(=O)C1CN(C(=O)C2CCCCC2C(=O)O)CC1C. The number of carbonyl (C=O) groups excluding carboxylic acids is 2. The fourth-order valence-corrected chi connectivity index (χ4v) is 3.56. The summed E-state index contributed by atoms with van der Waals surface area (Å²) in [5.41, 5.74) is 0. The van der Waals surface area contributed by atoms with Gasteiger partial charge in [-0.25, -0.2) is 0 Å². The third-order valence-corrected chi connectivity index (χ3v) is 4.83. The van der Waals surface area contributed by atoms with Crippen LogP contribution in [-0.2, 0) is 19.1 Å². The molecular weight excluding hydrogens is 274 g/mol. The van der Waals surface area contributed by atoms with Crippen molar-refractivity contribution in [3.05, 3.63) is 0 Å². The van der Waals surface area contributed by atoms with E-state index in [9.17, 15) is 19.5 Å². The lowest BCUT2D eigenvalue weighted by atomic mass is 9.78. The number of carboxylic acids is 1. The lowest BCUT2D eigenvalue weighted by molar-refractivity contribution is -0.152. The molecule has 6 heteroatoms. The van der Waals surface area contributed by atoms with Crippen molar-refractivity contribution in [2.75, 3.05) is 20.2 Å². The van der Waals surface area contributed by atoms with Crippen LogP contribution < -0.4 is 0 Å². The molecule has 4 unspecified atom stereocenters. The topological polar surface area (TPSA) is 83.9 Å². The van der Waals surface area contributed by atoms with Gasteiger partial charge in [-0.05, 0) is 18.8 Å². The quantitative estimate of drug-likeness (QED) is 0.790. The monoisotopic (exact) mass is 297 g/mol. The van der Waals surface area contributed by atoms with Crippen molar-refractivity contribution in [2.45, 2.75) is 32.6 Å². The van der Waals surface area contributed by atoms with Crippen LogP contribution >= 0.6 is 0 Å². The third-order valence-electron chi connectivity index (χ3n) is 4.83. The molecule has 1 saturated carbocycles. The van der Waals surface area contributed by atoms with Crippen molar-refractivity contribution < 1.29 is 24.2 Å². The molecule has 0 aromatic rings. The predicted octanol–water partition coefficient (Wildman–Crippen LogP) is 1.14. The summed E-state index contributed by atoms with van der Waals surface area (Å²) in [6.07, 6.45) is 2.95. The number of carbonyl (C=O) groups is 3. The van der Waals surface area contributed by atoms with Crippen molar-refractivity contribution in [3.8, 4) is 0 Å². The highest BCUT2D eigenvalue weighted by molar-refractivity contribution is 5.86. The van der Waals surface area contributed by atoms with Crippen LogP contribution in [0, 0.1) is 23.7 Å². The van der Waals surface area contributed by atoms with E-state index in [0.29, 0.717) is 25.9 Å². The lowest BCUT2D eigenvalue weighted by Crippen LogP contribution is -2.42. The summed E-state index contributed by atoms with van der Waals surface area (Å²) in [5.74, 6) is -2.57. The smallest absolute Gasteiger partial charge is 0.310 e. The van der Waals surface area contributed by atoms with E-state index in [0.717, 1.165) is 12.8 Å². The number of nitrogens with zero attached hydrogens (tertiary/aromatic N) is 1. The number of hydrogen-bond donors (Lipinski definition) is 1. The van der Waals surface area contributed by atoms with Gasteiger partial charge in [-0.1, -0.05) is 19.8 Å². The summed E-state index contributed by atoms with van der Waals surface area (Å²) in [6.45, 7) is 2.77. The van der Waals surface area contributed by atoms with E-state index < -0.39 is 17.8 Å². The van der Waals surface area contributed by atoms with Crippen molar-refractivity contribution in [1.82, 2.24) is 4.90 Å². The summed E-state index contributed by atoms with van der Waals surface area (Å²) in [6, 6.07) is 0. The zero-order valence-corrected chi connectivity index (χ0v) is 12.6. The number of likely N-dealkylation sites (tertiary alicyclic amines) is 1. The molecule has 118 valence electrons. The van der Waals surface area contributed by atoms with Gasteiger partial charge in [0, 0.05) is 13.1 Å². The van der Waals surface area contributed by atoms with Crippen LogP contribution in [0.1, 0.15) is 32.6 Å². The summed E-state index contributed by atoms with van der Waals surface area (Å²) >= 11 is 0. The third kappa shape index (κ3) is 3.19. The number of ether oxygens (including phenoxy) is 1. The van der Waals surface area contributed by atoms with Gasteiger partial charge in [0.05, 0.1) is 24.9 Å². The average Bonchev–Trinajstić information content (AvgIpc) is 2.87. The van der Waals surface area contributed by atoms with E-state index >= 15 is 0 Å². The molecule has 0 bridgehead atoms. The molecular formula is C15H23NO5. The molecule has 6 nitrogen and oxygen atoms in total. The fourth-order valence-electron chi connectivity index (χ4n) is 3.56. The van der Waals surface area contributed by atoms with Crippen LogP contribution in [0.2, 0.25) is 0 Å². The maximum Gasteiger partial charge on any atom is 0.310 e. The molecule has 1 saturated heterocycles. The molecule has 4 atom stereocenters. The minimum atomic E-state index is -0.884. The lowest BCUT2D eigenvalue weighted by Gasteiger charge is -2.31. The summed E-state index contributed by atoms with van der Waals surface area (Å²) in [5, 5.41) is 9.29. The average molecular weight is 297 g/mol. The molecule has 21 heavy (non-hydrogen) atoms. The van der Waals surface area contributed by atoms with E-state index in [4.69, 9.17) is 4.74 Å². The van der Waals surface area contributed by atoms with Crippen LogP contribution in [0.25, 0.3) is 0 Å². The van der Waals surface area contributed by atoms with Crippen molar-refractivity contribution >= 4 is 17.8 Å². The maximum absolute atomic E-state index is 12.6. The Hall–Kier alpha value is -1.59. The first-order valence-corrected chi connectivity index (χ1v) is 7.55. The molecule has 1 N–H and O–H groups in total. The second kappa shape index (κ2) is 6.45.